The van der Waals surface area contributed by atoms with E-state index in [0.717, 1.165) is 4.47 Å². The van der Waals surface area contributed by atoms with Crippen LogP contribution in [0.25, 0.3) is 0 Å². The minimum atomic E-state index is -0.328. The maximum atomic E-state index is 11.6. The molecule has 0 radical (unpaired) electrons. The van der Waals surface area contributed by atoms with Gasteiger partial charge < -0.3 is 5.73 Å². The zero-order valence-corrected chi connectivity index (χ0v) is 10.9. The van der Waals surface area contributed by atoms with Gasteiger partial charge in [0.2, 0.25) is 0 Å². The molecule has 0 heterocycles. The van der Waals surface area contributed by atoms with E-state index in [0.29, 0.717) is 23.8 Å². The zero-order valence-electron chi connectivity index (χ0n) is 9.29. The number of carbonyl (C=O) groups excluding carboxylic acids is 1. The Morgan fingerprint density at radius 1 is 1.56 bits per heavy atom. The van der Waals surface area contributed by atoms with Gasteiger partial charge in [0.1, 0.15) is 0 Å². The molecule has 1 aromatic rings. The van der Waals surface area contributed by atoms with Gasteiger partial charge in [-0.3, -0.25) is 9.63 Å². The number of anilines is 1. The molecule has 3 N–H and O–H groups in total. The van der Waals surface area contributed by atoms with Gasteiger partial charge in [-0.2, -0.15) is 0 Å². The number of hydrogen-bond acceptors (Lipinski definition) is 3. The molecule has 1 amide bonds. The number of nitrogens with one attached hydrogen (secondary N) is 1. The Morgan fingerprint density at radius 3 is 2.81 bits per heavy atom. The molecule has 0 atom stereocenters. The van der Waals surface area contributed by atoms with Crippen LogP contribution in [0.4, 0.5) is 5.69 Å². The van der Waals surface area contributed by atoms with E-state index in [1.807, 2.05) is 13.8 Å². The average molecular weight is 287 g/mol. The molecule has 5 heteroatoms. The summed E-state index contributed by atoms with van der Waals surface area (Å²) in [5, 5.41) is 0. The zero-order chi connectivity index (χ0) is 12.1. The number of amides is 1. The number of benzene rings is 1. The SMILES string of the molecule is CC(C)CONC(=O)c1ccc(Br)cc1N. The highest BCUT2D eigenvalue weighted by atomic mass is 79.9. The summed E-state index contributed by atoms with van der Waals surface area (Å²) >= 11 is 3.27. The second-order valence-electron chi connectivity index (χ2n) is 3.87. The first kappa shape index (κ1) is 13.0. The van der Waals surface area contributed by atoms with Crippen molar-refractivity contribution in [3.05, 3.63) is 28.2 Å². The monoisotopic (exact) mass is 286 g/mol. The molecule has 0 aliphatic rings. The van der Waals surface area contributed by atoms with E-state index in [1.54, 1.807) is 18.2 Å². The van der Waals surface area contributed by atoms with Crippen molar-refractivity contribution in [1.82, 2.24) is 5.48 Å². The number of hydroxylamine groups is 1. The van der Waals surface area contributed by atoms with E-state index in [9.17, 15) is 4.79 Å². The van der Waals surface area contributed by atoms with Crippen molar-refractivity contribution in [3.63, 3.8) is 0 Å². The van der Waals surface area contributed by atoms with Gasteiger partial charge in [0.25, 0.3) is 5.91 Å². The normalized spacial score (nSPS) is 10.5. The van der Waals surface area contributed by atoms with Crippen LogP contribution in [0.5, 0.6) is 0 Å². The minimum absolute atomic E-state index is 0.328. The molecule has 0 saturated carbocycles. The fourth-order valence-electron chi connectivity index (χ4n) is 1.07. The molecular formula is C11H15BrN2O2. The van der Waals surface area contributed by atoms with E-state index in [1.165, 1.54) is 0 Å². The molecule has 4 nitrogen and oxygen atoms in total. The van der Waals surface area contributed by atoms with Crippen LogP contribution in [-0.2, 0) is 4.84 Å². The largest absolute Gasteiger partial charge is 0.398 e. The fourth-order valence-corrected chi connectivity index (χ4v) is 1.45. The van der Waals surface area contributed by atoms with E-state index in [-0.39, 0.29) is 5.91 Å². The first-order chi connectivity index (χ1) is 7.50. The fraction of sp³-hybridized carbons (Fsp3) is 0.364. The first-order valence-electron chi connectivity index (χ1n) is 4.98. The number of halogens is 1. The molecule has 0 aliphatic heterocycles. The Labute approximate surface area is 103 Å². The van der Waals surface area contributed by atoms with Crippen LogP contribution >= 0.6 is 15.9 Å². The number of hydrogen-bond donors (Lipinski definition) is 2. The average Bonchev–Trinajstić information content (AvgIpc) is 2.16. The summed E-state index contributed by atoms with van der Waals surface area (Å²) in [5.74, 6) is 0.0354. The maximum Gasteiger partial charge on any atom is 0.276 e. The lowest BCUT2D eigenvalue weighted by Crippen LogP contribution is -2.26. The predicted octanol–water partition coefficient (Wildman–Crippen LogP) is 2.35. The van der Waals surface area contributed by atoms with E-state index >= 15 is 0 Å². The molecule has 0 saturated heterocycles. The van der Waals surface area contributed by atoms with Crippen molar-refractivity contribution in [1.29, 1.82) is 0 Å². The molecule has 0 aliphatic carbocycles. The van der Waals surface area contributed by atoms with Gasteiger partial charge in [-0.1, -0.05) is 29.8 Å². The third-order valence-electron chi connectivity index (χ3n) is 1.84. The van der Waals surface area contributed by atoms with Crippen molar-refractivity contribution < 1.29 is 9.63 Å². The number of nitrogens with two attached hydrogens (primary N) is 1. The molecule has 0 fully saturated rings. The van der Waals surface area contributed by atoms with Gasteiger partial charge in [0.15, 0.2) is 0 Å². The molecule has 16 heavy (non-hydrogen) atoms. The Bertz CT molecular complexity index is 380. The number of rotatable bonds is 4. The Hall–Kier alpha value is -1.07. The Kier molecular flexibility index (Phi) is 4.76. The molecule has 0 aromatic heterocycles. The predicted molar refractivity (Wildman–Crippen MR) is 66.8 cm³/mol. The third kappa shape index (κ3) is 3.83. The van der Waals surface area contributed by atoms with Gasteiger partial charge in [-0.15, -0.1) is 0 Å². The molecule has 1 rings (SSSR count). The second kappa shape index (κ2) is 5.86. The molecule has 1 aromatic carbocycles. The van der Waals surface area contributed by atoms with Crippen LogP contribution < -0.4 is 11.2 Å². The molecule has 88 valence electrons. The topological polar surface area (TPSA) is 64.3 Å². The smallest absolute Gasteiger partial charge is 0.276 e. The standard InChI is InChI=1S/C11H15BrN2O2/c1-7(2)6-16-14-11(15)9-4-3-8(12)5-10(9)13/h3-5,7H,6,13H2,1-2H3,(H,14,15). The first-order valence-corrected chi connectivity index (χ1v) is 5.77. The van der Waals surface area contributed by atoms with Gasteiger partial charge in [0, 0.05) is 10.2 Å². The lowest BCUT2D eigenvalue weighted by molar-refractivity contribution is 0.0209. The molecule has 0 unspecified atom stereocenters. The summed E-state index contributed by atoms with van der Waals surface area (Å²) in [6, 6.07) is 5.08. The van der Waals surface area contributed by atoms with Crippen LogP contribution in [0.3, 0.4) is 0 Å². The number of carbonyl (C=O) groups is 1. The van der Waals surface area contributed by atoms with Gasteiger partial charge in [-0.25, -0.2) is 5.48 Å². The summed E-state index contributed by atoms with van der Waals surface area (Å²) in [4.78, 5) is 16.7. The molecular weight excluding hydrogens is 272 g/mol. The van der Waals surface area contributed by atoms with Crippen molar-refractivity contribution in [2.75, 3.05) is 12.3 Å². The maximum absolute atomic E-state index is 11.6. The Morgan fingerprint density at radius 2 is 2.25 bits per heavy atom. The van der Waals surface area contributed by atoms with Crippen molar-refractivity contribution >= 4 is 27.5 Å². The number of nitrogen functional groups attached to an aromatic ring is 1. The van der Waals surface area contributed by atoms with Crippen LogP contribution in [0, 0.1) is 5.92 Å². The van der Waals surface area contributed by atoms with Crippen LogP contribution in [-0.4, -0.2) is 12.5 Å². The lowest BCUT2D eigenvalue weighted by atomic mass is 10.2. The van der Waals surface area contributed by atoms with Crippen molar-refractivity contribution in [2.24, 2.45) is 5.92 Å². The third-order valence-corrected chi connectivity index (χ3v) is 2.33. The van der Waals surface area contributed by atoms with Gasteiger partial charge >= 0.3 is 0 Å². The molecule has 0 spiro atoms. The molecule has 0 bridgehead atoms. The van der Waals surface area contributed by atoms with E-state index < -0.39 is 0 Å². The van der Waals surface area contributed by atoms with Gasteiger partial charge in [0.05, 0.1) is 12.2 Å². The summed E-state index contributed by atoms with van der Waals surface area (Å²) < 4.78 is 0.838. The van der Waals surface area contributed by atoms with Crippen LogP contribution in [0.15, 0.2) is 22.7 Å². The van der Waals surface area contributed by atoms with Crippen LogP contribution in [0.1, 0.15) is 24.2 Å². The summed E-state index contributed by atoms with van der Waals surface area (Å²) in [5.41, 5.74) is 8.89. The highest BCUT2D eigenvalue weighted by Gasteiger charge is 2.09. The van der Waals surface area contributed by atoms with E-state index in [4.69, 9.17) is 10.6 Å². The quantitative estimate of drug-likeness (QED) is 0.660. The lowest BCUT2D eigenvalue weighted by Gasteiger charge is -2.09. The summed E-state index contributed by atoms with van der Waals surface area (Å²) in [6.45, 7) is 4.47. The highest BCUT2D eigenvalue weighted by Crippen LogP contribution is 2.18. The minimum Gasteiger partial charge on any atom is -0.398 e. The van der Waals surface area contributed by atoms with Crippen molar-refractivity contribution in [3.8, 4) is 0 Å². The summed E-state index contributed by atoms with van der Waals surface area (Å²) in [7, 11) is 0. The van der Waals surface area contributed by atoms with Gasteiger partial charge in [-0.05, 0) is 24.1 Å². The van der Waals surface area contributed by atoms with Crippen LogP contribution in [0.2, 0.25) is 0 Å². The second-order valence-corrected chi connectivity index (χ2v) is 4.78. The highest BCUT2D eigenvalue weighted by molar-refractivity contribution is 9.10. The Balaban J connectivity index is 2.59. The van der Waals surface area contributed by atoms with Crippen molar-refractivity contribution in [2.45, 2.75) is 13.8 Å². The summed E-state index contributed by atoms with van der Waals surface area (Å²) in [6.07, 6.45) is 0. The van der Waals surface area contributed by atoms with E-state index in [2.05, 4.69) is 21.4 Å².